The lowest BCUT2D eigenvalue weighted by Crippen LogP contribution is -2.22. The fourth-order valence-electron chi connectivity index (χ4n) is 1.46. The van der Waals surface area contributed by atoms with Gasteiger partial charge in [0.25, 0.3) is 0 Å². The number of nitrogens with zero attached hydrogens (tertiary/aromatic N) is 1. The Morgan fingerprint density at radius 1 is 1.64 bits per heavy atom. The van der Waals surface area contributed by atoms with E-state index < -0.39 is 0 Å². The summed E-state index contributed by atoms with van der Waals surface area (Å²) < 4.78 is 0. The van der Waals surface area contributed by atoms with Gasteiger partial charge in [0.15, 0.2) is 0 Å². The number of aromatic nitrogens is 1. The molecule has 1 N–H and O–H groups in total. The molecule has 1 atom stereocenters. The number of fused-ring (bicyclic) bond motifs is 1. The van der Waals surface area contributed by atoms with Crippen LogP contribution in [0.2, 0.25) is 0 Å². The van der Waals surface area contributed by atoms with E-state index in [1.807, 2.05) is 12.3 Å². The van der Waals surface area contributed by atoms with Crippen LogP contribution >= 0.6 is 0 Å². The molecule has 0 saturated heterocycles. The molecule has 1 aliphatic rings. The van der Waals surface area contributed by atoms with Crippen LogP contribution in [0.5, 0.6) is 0 Å². The predicted octanol–water partition coefficient (Wildman–Crippen LogP) is 1.83. The second-order valence-electron chi connectivity index (χ2n) is 3.08. The summed E-state index contributed by atoms with van der Waals surface area (Å²) in [4.78, 5) is 4.29. The third-order valence-corrected chi connectivity index (χ3v) is 2.11. The number of hydrogen-bond acceptors (Lipinski definition) is 2. The molecule has 0 unspecified atom stereocenters. The van der Waals surface area contributed by atoms with E-state index in [1.54, 1.807) is 0 Å². The number of pyridine rings is 1. The van der Waals surface area contributed by atoms with Crippen LogP contribution in [0, 0.1) is 0 Å². The molecule has 58 valence electrons. The summed E-state index contributed by atoms with van der Waals surface area (Å²) in [6, 6.07) is 4.67. The molecule has 2 nitrogen and oxygen atoms in total. The lowest BCUT2D eigenvalue weighted by molar-refractivity contribution is 0.668. The van der Waals surface area contributed by atoms with Gasteiger partial charge in [-0.1, -0.05) is 0 Å². The van der Waals surface area contributed by atoms with E-state index in [9.17, 15) is 0 Å². The maximum atomic E-state index is 4.29. The average molecular weight is 148 g/mol. The summed E-state index contributed by atoms with van der Waals surface area (Å²) in [6.07, 6.45) is 4.17. The molecule has 2 rings (SSSR count). The van der Waals surface area contributed by atoms with E-state index in [4.69, 9.17) is 0 Å². The minimum absolute atomic E-state index is 0.603. The van der Waals surface area contributed by atoms with Gasteiger partial charge in [-0.05, 0) is 31.9 Å². The summed E-state index contributed by atoms with van der Waals surface area (Å²) in [5, 5.41) is 3.40. The van der Waals surface area contributed by atoms with E-state index in [-0.39, 0.29) is 0 Å². The molecule has 0 spiro atoms. The van der Waals surface area contributed by atoms with Crippen molar-refractivity contribution in [2.75, 3.05) is 5.32 Å². The van der Waals surface area contributed by atoms with E-state index in [0.717, 1.165) is 6.42 Å². The predicted molar refractivity (Wildman–Crippen MR) is 45.6 cm³/mol. The van der Waals surface area contributed by atoms with Crippen LogP contribution in [0.25, 0.3) is 0 Å². The highest BCUT2D eigenvalue weighted by molar-refractivity contribution is 5.49. The number of hydrogen-bond donors (Lipinski definition) is 1. The van der Waals surface area contributed by atoms with Gasteiger partial charge in [0.1, 0.15) is 0 Å². The number of rotatable bonds is 0. The fraction of sp³-hybridized carbons (Fsp3) is 0.444. The van der Waals surface area contributed by atoms with Crippen LogP contribution in [0.4, 0.5) is 5.69 Å². The van der Waals surface area contributed by atoms with Crippen molar-refractivity contribution < 1.29 is 0 Å². The van der Waals surface area contributed by atoms with Crippen LogP contribution in [-0.4, -0.2) is 11.0 Å². The highest BCUT2D eigenvalue weighted by Crippen LogP contribution is 2.21. The molecule has 0 radical (unpaired) electrons. The van der Waals surface area contributed by atoms with Gasteiger partial charge in [-0.15, -0.1) is 0 Å². The van der Waals surface area contributed by atoms with E-state index >= 15 is 0 Å². The normalized spacial score (nSPS) is 22.1. The Morgan fingerprint density at radius 2 is 2.55 bits per heavy atom. The van der Waals surface area contributed by atoms with Crippen LogP contribution in [0.3, 0.4) is 0 Å². The van der Waals surface area contributed by atoms with Gasteiger partial charge in [0.2, 0.25) is 0 Å². The Morgan fingerprint density at radius 3 is 3.45 bits per heavy atom. The van der Waals surface area contributed by atoms with Crippen molar-refractivity contribution in [2.45, 2.75) is 25.8 Å². The summed E-state index contributed by atoms with van der Waals surface area (Å²) in [5.41, 5.74) is 2.43. The zero-order chi connectivity index (χ0) is 7.68. The second kappa shape index (κ2) is 2.53. The molecular formula is C9H12N2. The molecule has 0 bridgehead atoms. The highest BCUT2D eigenvalue weighted by Gasteiger charge is 2.13. The Kier molecular flexibility index (Phi) is 1.53. The molecule has 1 aromatic rings. The van der Waals surface area contributed by atoms with E-state index in [1.165, 1.54) is 17.8 Å². The first-order chi connectivity index (χ1) is 5.36. The zero-order valence-electron chi connectivity index (χ0n) is 6.67. The summed E-state index contributed by atoms with van der Waals surface area (Å²) in [7, 11) is 0. The van der Waals surface area contributed by atoms with Gasteiger partial charge in [0, 0.05) is 12.2 Å². The van der Waals surface area contributed by atoms with Crippen molar-refractivity contribution in [1.29, 1.82) is 0 Å². The summed E-state index contributed by atoms with van der Waals surface area (Å²) in [5.74, 6) is 0. The SMILES string of the molecule is C[C@H]1CCc2ncccc2N1. The first kappa shape index (κ1) is 6.65. The number of anilines is 1. The summed E-state index contributed by atoms with van der Waals surface area (Å²) >= 11 is 0. The van der Waals surface area contributed by atoms with Gasteiger partial charge in [-0.2, -0.15) is 0 Å². The lowest BCUT2D eigenvalue weighted by atomic mass is 10.0. The van der Waals surface area contributed by atoms with Crippen molar-refractivity contribution in [3.05, 3.63) is 24.0 Å². The molecule has 11 heavy (non-hydrogen) atoms. The molecule has 0 aliphatic carbocycles. The fourth-order valence-corrected chi connectivity index (χ4v) is 1.46. The van der Waals surface area contributed by atoms with Crippen molar-refractivity contribution in [2.24, 2.45) is 0 Å². The molecule has 2 heteroatoms. The minimum atomic E-state index is 0.603. The molecule has 1 aromatic heterocycles. The van der Waals surface area contributed by atoms with Gasteiger partial charge >= 0.3 is 0 Å². The van der Waals surface area contributed by atoms with E-state index in [0.29, 0.717) is 6.04 Å². The molecule has 2 heterocycles. The number of aryl methyl sites for hydroxylation is 1. The second-order valence-corrected chi connectivity index (χ2v) is 3.08. The molecular weight excluding hydrogens is 136 g/mol. The van der Waals surface area contributed by atoms with Crippen LogP contribution < -0.4 is 5.32 Å². The van der Waals surface area contributed by atoms with E-state index in [2.05, 4.69) is 23.3 Å². The van der Waals surface area contributed by atoms with Crippen molar-refractivity contribution in [3.8, 4) is 0 Å². The van der Waals surface area contributed by atoms with Gasteiger partial charge in [-0.25, -0.2) is 0 Å². The summed E-state index contributed by atoms with van der Waals surface area (Å²) in [6.45, 7) is 2.20. The molecule has 0 aromatic carbocycles. The van der Waals surface area contributed by atoms with Gasteiger partial charge in [-0.3, -0.25) is 4.98 Å². The van der Waals surface area contributed by atoms with Crippen molar-refractivity contribution in [3.63, 3.8) is 0 Å². The highest BCUT2D eigenvalue weighted by atomic mass is 14.9. The Hall–Kier alpha value is -1.05. The average Bonchev–Trinajstić information content (AvgIpc) is 2.04. The molecule has 1 aliphatic heterocycles. The standard InChI is InChI=1S/C9H12N2/c1-7-4-5-8-9(11-7)3-2-6-10-8/h2-3,6-7,11H,4-5H2,1H3/t7-/m0/s1. The quantitative estimate of drug-likeness (QED) is 0.607. The third-order valence-electron chi connectivity index (χ3n) is 2.11. The largest absolute Gasteiger partial charge is 0.381 e. The first-order valence-corrected chi connectivity index (χ1v) is 4.06. The maximum Gasteiger partial charge on any atom is 0.0635 e. The van der Waals surface area contributed by atoms with Gasteiger partial charge < -0.3 is 5.32 Å². The minimum Gasteiger partial charge on any atom is -0.381 e. The van der Waals surface area contributed by atoms with Crippen molar-refractivity contribution in [1.82, 2.24) is 4.98 Å². The zero-order valence-corrected chi connectivity index (χ0v) is 6.67. The van der Waals surface area contributed by atoms with Crippen LogP contribution in [0.1, 0.15) is 19.0 Å². The van der Waals surface area contributed by atoms with Crippen LogP contribution in [-0.2, 0) is 6.42 Å². The molecule has 0 amide bonds. The smallest absolute Gasteiger partial charge is 0.0635 e. The molecule has 0 fully saturated rings. The third kappa shape index (κ3) is 1.20. The Labute approximate surface area is 66.7 Å². The van der Waals surface area contributed by atoms with Crippen molar-refractivity contribution >= 4 is 5.69 Å². The first-order valence-electron chi connectivity index (χ1n) is 4.06. The van der Waals surface area contributed by atoms with Crippen LogP contribution in [0.15, 0.2) is 18.3 Å². The molecule has 0 saturated carbocycles. The Balaban J connectivity index is 2.34. The Bertz CT molecular complexity index is 257. The van der Waals surface area contributed by atoms with Gasteiger partial charge in [0.05, 0.1) is 11.4 Å². The number of nitrogens with one attached hydrogen (secondary N) is 1. The topological polar surface area (TPSA) is 24.9 Å². The lowest BCUT2D eigenvalue weighted by Gasteiger charge is -2.22. The maximum absolute atomic E-state index is 4.29. The monoisotopic (exact) mass is 148 g/mol.